The van der Waals surface area contributed by atoms with E-state index in [1.165, 1.54) is 0 Å². The fraction of sp³-hybridized carbons (Fsp3) is 0.0667. The normalized spacial score (nSPS) is 10.9. The molecule has 2 rings (SSSR count). The van der Waals surface area contributed by atoms with Gasteiger partial charge in [-0.05, 0) is 35.7 Å². The number of nitrogens with two attached hydrogens (primary N) is 2. The molecule has 0 spiro atoms. The Morgan fingerprint density at radius 1 is 0.941 bits per heavy atom. The molecule has 0 unspecified atom stereocenters. The van der Waals surface area contributed by atoms with Crippen molar-refractivity contribution in [2.45, 2.75) is 6.92 Å². The lowest BCUT2D eigenvalue weighted by molar-refractivity contribution is 1.44. The largest absolute Gasteiger partial charge is 0.399 e. The van der Waals surface area contributed by atoms with Crippen molar-refractivity contribution < 1.29 is 0 Å². The first kappa shape index (κ1) is 11.3. The second-order valence-corrected chi connectivity index (χ2v) is 4.07. The van der Waals surface area contributed by atoms with E-state index in [4.69, 9.17) is 11.5 Å². The standard InChI is InChI=1S/C15H16N2/c1-11-13(9-14(16)10-15(11)17)8-7-12-5-3-2-4-6-12/h2-10H,16-17H2,1H3. The number of anilines is 2. The number of hydrogen-bond donors (Lipinski definition) is 2. The maximum atomic E-state index is 5.88. The molecule has 0 aliphatic heterocycles. The van der Waals surface area contributed by atoms with Crippen LogP contribution in [0.5, 0.6) is 0 Å². The van der Waals surface area contributed by atoms with E-state index in [2.05, 4.69) is 18.2 Å². The molecule has 86 valence electrons. The fourth-order valence-corrected chi connectivity index (χ4v) is 1.71. The Kier molecular flexibility index (Phi) is 3.15. The Morgan fingerprint density at radius 2 is 1.65 bits per heavy atom. The van der Waals surface area contributed by atoms with Gasteiger partial charge in [-0.25, -0.2) is 0 Å². The monoisotopic (exact) mass is 224 g/mol. The van der Waals surface area contributed by atoms with Gasteiger partial charge in [0.15, 0.2) is 0 Å². The topological polar surface area (TPSA) is 52.0 Å². The summed E-state index contributed by atoms with van der Waals surface area (Å²) in [7, 11) is 0. The van der Waals surface area contributed by atoms with Crippen LogP contribution in [0.25, 0.3) is 12.2 Å². The van der Waals surface area contributed by atoms with Crippen LogP contribution in [0.4, 0.5) is 11.4 Å². The zero-order chi connectivity index (χ0) is 12.3. The van der Waals surface area contributed by atoms with E-state index >= 15 is 0 Å². The van der Waals surface area contributed by atoms with Crippen molar-refractivity contribution >= 4 is 23.5 Å². The molecule has 0 saturated carbocycles. The smallest absolute Gasteiger partial charge is 0.0370 e. The predicted molar refractivity (Wildman–Crippen MR) is 75.4 cm³/mol. The van der Waals surface area contributed by atoms with Gasteiger partial charge in [0.05, 0.1) is 0 Å². The second-order valence-electron chi connectivity index (χ2n) is 4.07. The number of hydrogen-bond acceptors (Lipinski definition) is 2. The molecular formula is C15H16N2. The maximum Gasteiger partial charge on any atom is 0.0370 e. The molecule has 0 heterocycles. The van der Waals surface area contributed by atoms with Crippen molar-refractivity contribution in [3.05, 3.63) is 59.2 Å². The molecule has 0 atom stereocenters. The predicted octanol–water partition coefficient (Wildman–Crippen LogP) is 3.33. The Hall–Kier alpha value is -2.22. The third-order valence-electron chi connectivity index (χ3n) is 2.77. The van der Waals surface area contributed by atoms with Crippen LogP contribution in [0.3, 0.4) is 0 Å². The van der Waals surface area contributed by atoms with Crippen LogP contribution >= 0.6 is 0 Å². The summed E-state index contributed by atoms with van der Waals surface area (Å²) in [5, 5.41) is 0. The molecule has 4 N–H and O–H groups in total. The van der Waals surface area contributed by atoms with E-state index in [0.29, 0.717) is 5.69 Å². The van der Waals surface area contributed by atoms with Crippen molar-refractivity contribution in [1.82, 2.24) is 0 Å². The Labute approximate surface area is 102 Å². The van der Waals surface area contributed by atoms with Gasteiger partial charge in [-0.2, -0.15) is 0 Å². The Balaban J connectivity index is 2.33. The molecule has 2 heteroatoms. The Morgan fingerprint density at radius 3 is 2.35 bits per heavy atom. The lowest BCUT2D eigenvalue weighted by Crippen LogP contribution is -1.95. The molecule has 0 saturated heterocycles. The quantitative estimate of drug-likeness (QED) is 0.607. The zero-order valence-corrected chi connectivity index (χ0v) is 9.85. The van der Waals surface area contributed by atoms with Crippen molar-refractivity contribution in [1.29, 1.82) is 0 Å². The van der Waals surface area contributed by atoms with Crippen molar-refractivity contribution in [3.8, 4) is 0 Å². The van der Waals surface area contributed by atoms with Gasteiger partial charge in [-0.15, -0.1) is 0 Å². The van der Waals surface area contributed by atoms with Gasteiger partial charge in [0.2, 0.25) is 0 Å². The summed E-state index contributed by atoms with van der Waals surface area (Å²) in [4.78, 5) is 0. The fourth-order valence-electron chi connectivity index (χ4n) is 1.71. The van der Waals surface area contributed by atoms with Crippen molar-refractivity contribution in [2.75, 3.05) is 11.5 Å². The lowest BCUT2D eigenvalue weighted by Gasteiger charge is -2.06. The van der Waals surface area contributed by atoms with Gasteiger partial charge in [0.25, 0.3) is 0 Å². The van der Waals surface area contributed by atoms with Crippen LogP contribution in [-0.2, 0) is 0 Å². The van der Waals surface area contributed by atoms with Gasteiger partial charge in [0, 0.05) is 11.4 Å². The summed E-state index contributed by atoms with van der Waals surface area (Å²) in [6.07, 6.45) is 4.10. The molecule has 2 nitrogen and oxygen atoms in total. The van der Waals surface area contributed by atoms with Crippen LogP contribution in [-0.4, -0.2) is 0 Å². The first-order valence-electron chi connectivity index (χ1n) is 5.55. The zero-order valence-electron chi connectivity index (χ0n) is 9.85. The molecule has 0 aromatic heterocycles. The van der Waals surface area contributed by atoms with E-state index < -0.39 is 0 Å². The highest BCUT2D eigenvalue weighted by molar-refractivity contribution is 5.76. The minimum Gasteiger partial charge on any atom is -0.399 e. The number of rotatable bonds is 2. The molecule has 0 bridgehead atoms. The molecule has 2 aromatic carbocycles. The van der Waals surface area contributed by atoms with Gasteiger partial charge in [0.1, 0.15) is 0 Å². The summed E-state index contributed by atoms with van der Waals surface area (Å²) >= 11 is 0. The van der Waals surface area contributed by atoms with Gasteiger partial charge < -0.3 is 11.5 Å². The minimum atomic E-state index is 0.695. The van der Waals surface area contributed by atoms with Gasteiger partial charge in [-0.1, -0.05) is 42.5 Å². The molecule has 0 radical (unpaired) electrons. The van der Waals surface area contributed by atoms with Crippen LogP contribution < -0.4 is 11.5 Å². The summed E-state index contributed by atoms with van der Waals surface area (Å²) in [6, 6.07) is 13.9. The van der Waals surface area contributed by atoms with E-state index in [1.807, 2.05) is 37.3 Å². The van der Waals surface area contributed by atoms with E-state index in [-0.39, 0.29) is 0 Å². The van der Waals surface area contributed by atoms with Crippen LogP contribution in [0.2, 0.25) is 0 Å². The van der Waals surface area contributed by atoms with Gasteiger partial charge in [-0.3, -0.25) is 0 Å². The third-order valence-corrected chi connectivity index (χ3v) is 2.77. The summed E-state index contributed by atoms with van der Waals surface area (Å²) < 4.78 is 0. The van der Waals surface area contributed by atoms with E-state index in [0.717, 1.165) is 22.4 Å². The highest BCUT2D eigenvalue weighted by Gasteiger charge is 2.00. The van der Waals surface area contributed by atoms with Crippen LogP contribution in [0, 0.1) is 6.92 Å². The van der Waals surface area contributed by atoms with E-state index in [9.17, 15) is 0 Å². The average molecular weight is 224 g/mol. The minimum absolute atomic E-state index is 0.695. The third kappa shape index (κ3) is 2.67. The highest BCUT2D eigenvalue weighted by atomic mass is 14.6. The van der Waals surface area contributed by atoms with Gasteiger partial charge >= 0.3 is 0 Å². The second kappa shape index (κ2) is 4.74. The average Bonchev–Trinajstić information content (AvgIpc) is 2.33. The Bertz CT molecular complexity index is 542. The summed E-state index contributed by atoms with van der Waals surface area (Å²) in [5.41, 5.74) is 16.4. The summed E-state index contributed by atoms with van der Waals surface area (Å²) in [6.45, 7) is 2.00. The molecular weight excluding hydrogens is 208 g/mol. The number of nitrogen functional groups attached to an aromatic ring is 2. The summed E-state index contributed by atoms with van der Waals surface area (Å²) in [5.74, 6) is 0. The van der Waals surface area contributed by atoms with Crippen LogP contribution in [0.15, 0.2) is 42.5 Å². The number of benzene rings is 2. The maximum absolute atomic E-state index is 5.88. The molecule has 0 aliphatic carbocycles. The molecule has 2 aromatic rings. The molecule has 0 amide bonds. The van der Waals surface area contributed by atoms with E-state index in [1.54, 1.807) is 6.07 Å². The van der Waals surface area contributed by atoms with Crippen molar-refractivity contribution in [2.24, 2.45) is 0 Å². The first-order chi connectivity index (χ1) is 8.16. The molecule has 0 aliphatic rings. The molecule has 17 heavy (non-hydrogen) atoms. The first-order valence-corrected chi connectivity index (χ1v) is 5.55. The van der Waals surface area contributed by atoms with Crippen molar-refractivity contribution in [3.63, 3.8) is 0 Å². The molecule has 0 fully saturated rings. The van der Waals surface area contributed by atoms with Crippen LogP contribution in [0.1, 0.15) is 16.7 Å². The SMILES string of the molecule is Cc1c(N)cc(N)cc1C=Cc1ccccc1. The lowest BCUT2D eigenvalue weighted by atomic mass is 10.0. The highest BCUT2D eigenvalue weighted by Crippen LogP contribution is 2.22.